The van der Waals surface area contributed by atoms with Gasteiger partial charge in [0.05, 0.1) is 23.6 Å². The van der Waals surface area contributed by atoms with Gasteiger partial charge in [-0.15, -0.1) is 5.92 Å². The zero-order chi connectivity index (χ0) is 22.9. The van der Waals surface area contributed by atoms with Gasteiger partial charge in [0, 0.05) is 19.1 Å². The van der Waals surface area contributed by atoms with Crippen LogP contribution in [-0.2, 0) is 13.1 Å². The maximum atomic E-state index is 13.4. The lowest BCUT2D eigenvalue weighted by molar-refractivity contribution is 0.417. The van der Waals surface area contributed by atoms with Gasteiger partial charge < -0.3 is 15.1 Å². The highest BCUT2D eigenvalue weighted by Crippen LogP contribution is 2.23. The zero-order valence-electron chi connectivity index (χ0n) is 18.2. The minimum Gasteiger partial charge on any atom is -0.406 e. The summed E-state index contributed by atoms with van der Waals surface area (Å²) in [6.07, 6.45) is 3.46. The normalized spacial score (nSPS) is 16.2. The zero-order valence-corrected chi connectivity index (χ0v) is 18.2. The fourth-order valence-corrected chi connectivity index (χ4v) is 4.19. The standard InChI is InChI=1S/C23H23N7O3/c1-2-3-11-29-20-18(27-23(29)28-10-6-7-15(24)13-28)12-25-30(21(20)31)14-19-26-17-9-5-4-8-16(17)22(32)33-19/h4-5,8-9,12,15H,6-7,10-11,13-14,24H2,1H3. The number of benzene rings is 1. The second kappa shape index (κ2) is 8.52. The van der Waals surface area contributed by atoms with Crippen LogP contribution in [0.4, 0.5) is 5.95 Å². The highest BCUT2D eigenvalue weighted by Gasteiger charge is 2.24. The Balaban J connectivity index is 1.60. The van der Waals surface area contributed by atoms with Crippen LogP contribution >= 0.6 is 0 Å². The number of fused-ring (bicyclic) bond motifs is 2. The molecule has 1 saturated heterocycles. The summed E-state index contributed by atoms with van der Waals surface area (Å²) >= 11 is 0. The molecule has 2 N–H and O–H groups in total. The summed E-state index contributed by atoms with van der Waals surface area (Å²) < 4.78 is 8.38. The minimum atomic E-state index is -0.503. The average molecular weight is 445 g/mol. The largest absolute Gasteiger partial charge is 0.406 e. The molecule has 0 aliphatic carbocycles. The van der Waals surface area contributed by atoms with Gasteiger partial charge >= 0.3 is 5.63 Å². The van der Waals surface area contributed by atoms with Crippen LogP contribution in [0.25, 0.3) is 21.9 Å². The van der Waals surface area contributed by atoms with Gasteiger partial charge in [-0.2, -0.15) is 5.10 Å². The van der Waals surface area contributed by atoms with Crippen molar-refractivity contribution in [2.24, 2.45) is 5.73 Å². The first-order valence-electron chi connectivity index (χ1n) is 10.8. The number of para-hydroxylation sites is 1. The Morgan fingerprint density at radius 3 is 2.88 bits per heavy atom. The third kappa shape index (κ3) is 3.87. The molecule has 4 heterocycles. The van der Waals surface area contributed by atoms with Crippen molar-refractivity contribution in [3.05, 3.63) is 57.1 Å². The van der Waals surface area contributed by atoms with E-state index < -0.39 is 5.63 Å². The number of hydrogen-bond acceptors (Lipinski definition) is 8. The highest BCUT2D eigenvalue weighted by molar-refractivity contribution is 5.78. The van der Waals surface area contributed by atoms with Crippen molar-refractivity contribution in [2.75, 3.05) is 18.0 Å². The summed E-state index contributed by atoms with van der Waals surface area (Å²) in [5.41, 5.74) is 6.69. The summed E-state index contributed by atoms with van der Waals surface area (Å²) in [4.78, 5) is 36.9. The van der Waals surface area contributed by atoms with Gasteiger partial charge in [-0.05, 0) is 31.9 Å². The first-order valence-corrected chi connectivity index (χ1v) is 10.8. The molecule has 0 spiro atoms. The van der Waals surface area contributed by atoms with E-state index in [1.807, 2.05) is 4.57 Å². The Bertz CT molecular complexity index is 1520. The number of piperidine rings is 1. The van der Waals surface area contributed by atoms with Crippen molar-refractivity contribution in [3.63, 3.8) is 0 Å². The summed E-state index contributed by atoms with van der Waals surface area (Å²) in [7, 11) is 0. The van der Waals surface area contributed by atoms with E-state index in [-0.39, 0.29) is 24.0 Å². The van der Waals surface area contributed by atoms with Crippen molar-refractivity contribution in [2.45, 2.75) is 38.9 Å². The van der Waals surface area contributed by atoms with Crippen LogP contribution < -0.4 is 21.8 Å². The lowest BCUT2D eigenvalue weighted by Crippen LogP contribution is -2.44. The number of nitrogens with zero attached hydrogens (tertiary/aromatic N) is 6. The predicted molar refractivity (Wildman–Crippen MR) is 124 cm³/mol. The van der Waals surface area contributed by atoms with Crippen molar-refractivity contribution in [3.8, 4) is 11.8 Å². The van der Waals surface area contributed by atoms with Crippen LogP contribution in [0.5, 0.6) is 0 Å². The van der Waals surface area contributed by atoms with Crippen LogP contribution in [-0.4, -0.2) is 43.4 Å². The van der Waals surface area contributed by atoms with Crippen LogP contribution in [0.15, 0.2) is 44.5 Å². The molecule has 168 valence electrons. The van der Waals surface area contributed by atoms with E-state index in [1.54, 1.807) is 37.4 Å². The summed E-state index contributed by atoms with van der Waals surface area (Å²) in [6.45, 7) is 3.46. The maximum Gasteiger partial charge on any atom is 0.346 e. The van der Waals surface area contributed by atoms with Gasteiger partial charge in [0.25, 0.3) is 5.56 Å². The van der Waals surface area contributed by atoms with Gasteiger partial charge in [0.1, 0.15) is 17.6 Å². The number of nitrogens with two attached hydrogens (primary N) is 1. The van der Waals surface area contributed by atoms with Crippen LogP contribution in [0.2, 0.25) is 0 Å². The summed E-state index contributed by atoms with van der Waals surface area (Å²) in [5.74, 6) is 6.68. The van der Waals surface area contributed by atoms with Crippen LogP contribution in [0.3, 0.4) is 0 Å². The second-order valence-corrected chi connectivity index (χ2v) is 8.03. The monoisotopic (exact) mass is 445 g/mol. The van der Waals surface area contributed by atoms with Gasteiger partial charge in [-0.1, -0.05) is 18.1 Å². The van der Waals surface area contributed by atoms with Gasteiger partial charge in [0.15, 0.2) is 0 Å². The fraction of sp³-hybridized carbons (Fsp3) is 0.348. The third-order valence-electron chi connectivity index (χ3n) is 5.75. The Kier molecular flexibility index (Phi) is 5.40. The van der Waals surface area contributed by atoms with E-state index in [4.69, 9.17) is 10.2 Å². The molecule has 5 rings (SSSR count). The molecule has 1 unspecified atom stereocenters. The fourth-order valence-electron chi connectivity index (χ4n) is 4.19. The van der Waals surface area contributed by atoms with E-state index in [9.17, 15) is 9.59 Å². The molecule has 10 nitrogen and oxygen atoms in total. The van der Waals surface area contributed by atoms with Gasteiger partial charge in [-0.25, -0.2) is 19.4 Å². The summed E-state index contributed by atoms with van der Waals surface area (Å²) in [6, 6.07) is 6.96. The predicted octanol–water partition coefficient (Wildman–Crippen LogP) is 1.09. The van der Waals surface area contributed by atoms with E-state index in [0.717, 1.165) is 19.4 Å². The number of anilines is 1. The molecule has 33 heavy (non-hydrogen) atoms. The Morgan fingerprint density at radius 2 is 2.06 bits per heavy atom. The van der Waals surface area contributed by atoms with Crippen molar-refractivity contribution >= 4 is 27.9 Å². The number of aromatic nitrogens is 5. The third-order valence-corrected chi connectivity index (χ3v) is 5.75. The molecule has 0 bridgehead atoms. The van der Waals surface area contributed by atoms with Gasteiger partial charge in [-0.3, -0.25) is 9.36 Å². The lowest BCUT2D eigenvalue weighted by Gasteiger charge is -2.31. The molecule has 4 aromatic rings. The molecular weight excluding hydrogens is 422 g/mol. The van der Waals surface area contributed by atoms with E-state index >= 15 is 0 Å². The van der Waals surface area contributed by atoms with Crippen molar-refractivity contribution in [1.29, 1.82) is 0 Å². The number of imidazole rings is 1. The number of hydrogen-bond donors (Lipinski definition) is 1. The molecule has 0 saturated carbocycles. The Hall–Kier alpha value is -3.97. The molecule has 0 radical (unpaired) electrons. The second-order valence-electron chi connectivity index (χ2n) is 8.03. The molecule has 3 aromatic heterocycles. The SMILES string of the molecule is CC#CCn1c(N2CCCC(N)C2)nc2cnn(Cc3nc4ccccc4c(=O)o3)c(=O)c21. The van der Waals surface area contributed by atoms with E-state index in [2.05, 4.69) is 31.8 Å². The van der Waals surface area contributed by atoms with Crippen LogP contribution in [0.1, 0.15) is 25.7 Å². The smallest absolute Gasteiger partial charge is 0.346 e. The number of rotatable bonds is 4. The Morgan fingerprint density at radius 1 is 1.21 bits per heavy atom. The van der Waals surface area contributed by atoms with E-state index in [0.29, 0.717) is 41.0 Å². The molecule has 10 heteroatoms. The molecule has 1 atom stereocenters. The van der Waals surface area contributed by atoms with Crippen molar-refractivity contribution < 1.29 is 4.42 Å². The molecule has 0 amide bonds. The van der Waals surface area contributed by atoms with Gasteiger partial charge in [0.2, 0.25) is 11.8 Å². The molecule has 1 aliphatic heterocycles. The quantitative estimate of drug-likeness (QED) is 0.463. The molecule has 1 fully saturated rings. The Labute approximate surface area is 188 Å². The van der Waals surface area contributed by atoms with E-state index in [1.165, 1.54) is 4.68 Å². The minimum absolute atomic E-state index is 0.0564. The van der Waals surface area contributed by atoms with Crippen LogP contribution in [0, 0.1) is 11.8 Å². The average Bonchev–Trinajstić information content (AvgIpc) is 3.19. The first-order chi connectivity index (χ1) is 16.0. The lowest BCUT2D eigenvalue weighted by atomic mass is 10.1. The molecule has 1 aliphatic rings. The topological polar surface area (TPSA) is 125 Å². The summed E-state index contributed by atoms with van der Waals surface area (Å²) in [5, 5.41) is 4.64. The van der Waals surface area contributed by atoms with Crippen molar-refractivity contribution in [1.82, 2.24) is 24.3 Å². The molecular formula is C23H23N7O3. The first kappa shape index (κ1) is 20.9. The maximum absolute atomic E-state index is 13.4. The molecule has 1 aromatic carbocycles. The highest BCUT2D eigenvalue weighted by atomic mass is 16.4.